The molecule has 2 aromatic carbocycles. The van der Waals surface area contributed by atoms with Crippen LogP contribution in [0.5, 0.6) is 17.2 Å². The molecule has 1 aliphatic rings. The van der Waals surface area contributed by atoms with Crippen molar-refractivity contribution in [1.29, 1.82) is 0 Å². The Hall–Kier alpha value is -3.22. The molecule has 26 heavy (non-hydrogen) atoms. The van der Waals surface area contributed by atoms with Gasteiger partial charge < -0.3 is 24.8 Å². The summed E-state index contributed by atoms with van der Waals surface area (Å²) in [7, 11) is 0. The molecule has 136 valence electrons. The molecular weight excluding hydrogens is 336 g/mol. The highest BCUT2D eigenvalue weighted by atomic mass is 16.6. The van der Waals surface area contributed by atoms with Crippen molar-refractivity contribution in [3.63, 3.8) is 0 Å². The van der Waals surface area contributed by atoms with E-state index in [1.807, 2.05) is 6.92 Å². The molecule has 0 aliphatic carbocycles. The van der Waals surface area contributed by atoms with Crippen LogP contribution >= 0.6 is 0 Å². The Balaban J connectivity index is 1.51. The zero-order chi connectivity index (χ0) is 18.4. The van der Waals surface area contributed by atoms with Gasteiger partial charge in [-0.2, -0.15) is 0 Å². The maximum atomic E-state index is 12.1. The third-order valence-electron chi connectivity index (χ3n) is 3.66. The first-order valence-corrected chi connectivity index (χ1v) is 8.36. The molecule has 0 spiro atoms. The zero-order valence-electron chi connectivity index (χ0n) is 14.4. The van der Waals surface area contributed by atoms with Crippen molar-refractivity contribution in [2.45, 2.75) is 6.92 Å². The van der Waals surface area contributed by atoms with E-state index in [4.69, 9.17) is 14.2 Å². The Morgan fingerprint density at radius 3 is 2.50 bits per heavy atom. The van der Waals surface area contributed by atoms with E-state index in [9.17, 15) is 9.59 Å². The normalized spacial score (nSPS) is 12.2. The maximum absolute atomic E-state index is 12.1. The van der Waals surface area contributed by atoms with Gasteiger partial charge in [0, 0.05) is 17.3 Å². The molecule has 0 unspecified atom stereocenters. The predicted octanol–water partition coefficient (Wildman–Crippen LogP) is 2.22. The van der Waals surface area contributed by atoms with Crippen molar-refractivity contribution in [1.82, 2.24) is 5.32 Å². The molecule has 0 aromatic heterocycles. The lowest BCUT2D eigenvalue weighted by Crippen LogP contribution is -2.32. The Labute approximate surface area is 151 Å². The minimum Gasteiger partial charge on any atom is -0.494 e. The molecule has 1 aliphatic heterocycles. The van der Waals surface area contributed by atoms with Crippen molar-refractivity contribution < 1.29 is 23.8 Å². The van der Waals surface area contributed by atoms with Gasteiger partial charge in [0.2, 0.25) is 5.91 Å². The van der Waals surface area contributed by atoms with Crippen LogP contribution in [-0.2, 0) is 4.79 Å². The van der Waals surface area contributed by atoms with E-state index in [2.05, 4.69) is 10.6 Å². The van der Waals surface area contributed by atoms with Gasteiger partial charge in [-0.1, -0.05) is 0 Å². The summed E-state index contributed by atoms with van der Waals surface area (Å²) in [5.74, 6) is 1.28. The highest BCUT2D eigenvalue weighted by Gasteiger charge is 2.13. The Morgan fingerprint density at radius 2 is 1.77 bits per heavy atom. The van der Waals surface area contributed by atoms with Crippen LogP contribution in [0, 0.1) is 0 Å². The summed E-state index contributed by atoms with van der Waals surface area (Å²) < 4.78 is 16.2. The van der Waals surface area contributed by atoms with E-state index in [-0.39, 0.29) is 18.4 Å². The zero-order valence-corrected chi connectivity index (χ0v) is 14.4. The molecule has 2 N–H and O–H groups in total. The second-order valence-corrected chi connectivity index (χ2v) is 5.55. The van der Waals surface area contributed by atoms with Crippen LogP contribution in [0.1, 0.15) is 17.3 Å². The number of nitrogens with one attached hydrogen (secondary N) is 2. The van der Waals surface area contributed by atoms with E-state index in [1.54, 1.807) is 42.5 Å². The number of carbonyl (C=O) groups is 2. The molecule has 3 rings (SSSR count). The van der Waals surface area contributed by atoms with Gasteiger partial charge in [0.15, 0.2) is 11.5 Å². The van der Waals surface area contributed by atoms with Crippen LogP contribution in [-0.4, -0.2) is 38.2 Å². The number of rotatable bonds is 6. The lowest BCUT2D eigenvalue weighted by molar-refractivity contribution is -0.115. The highest BCUT2D eigenvalue weighted by Crippen LogP contribution is 2.32. The van der Waals surface area contributed by atoms with Gasteiger partial charge in [-0.05, 0) is 43.3 Å². The number of carbonyl (C=O) groups excluding carboxylic acids is 2. The molecule has 0 radical (unpaired) electrons. The molecule has 7 heteroatoms. The number of hydrogen-bond donors (Lipinski definition) is 2. The van der Waals surface area contributed by atoms with Crippen molar-refractivity contribution in [3.05, 3.63) is 48.0 Å². The number of anilines is 1. The number of hydrogen-bond acceptors (Lipinski definition) is 5. The molecule has 0 fully saturated rings. The van der Waals surface area contributed by atoms with Gasteiger partial charge in [-0.25, -0.2) is 0 Å². The van der Waals surface area contributed by atoms with Gasteiger partial charge in [0.05, 0.1) is 13.2 Å². The number of ether oxygens (including phenoxy) is 3. The maximum Gasteiger partial charge on any atom is 0.251 e. The molecule has 0 bridgehead atoms. The van der Waals surface area contributed by atoms with E-state index in [0.29, 0.717) is 48.3 Å². The van der Waals surface area contributed by atoms with Crippen LogP contribution in [0.2, 0.25) is 0 Å². The third kappa shape index (κ3) is 4.44. The summed E-state index contributed by atoms with van der Waals surface area (Å²) in [5, 5.41) is 5.30. The van der Waals surface area contributed by atoms with Crippen molar-refractivity contribution >= 4 is 17.5 Å². The second-order valence-electron chi connectivity index (χ2n) is 5.55. The average molecular weight is 356 g/mol. The first kappa shape index (κ1) is 17.6. The number of fused-ring (bicyclic) bond motifs is 1. The molecule has 0 saturated heterocycles. The van der Waals surface area contributed by atoms with Gasteiger partial charge in [0.25, 0.3) is 5.91 Å². The largest absolute Gasteiger partial charge is 0.494 e. The summed E-state index contributed by atoms with van der Waals surface area (Å²) in [4.78, 5) is 24.1. The minimum absolute atomic E-state index is 0.138. The van der Waals surface area contributed by atoms with Gasteiger partial charge in [0.1, 0.15) is 19.0 Å². The summed E-state index contributed by atoms with van der Waals surface area (Å²) in [6.45, 7) is 3.30. The van der Waals surface area contributed by atoms with Crippen molar-refractivity contribution in [3.8, 4) is 17.2 Å². The SMILES string of the molecule is CCOc1ccc(C(=O)NCC(=O)Nc2ccc3c(c2)OCCO3)cc1. The van der Waals surface area contributed by atoms with Crippen LogP contribution in [0.25, 0.3) is 0 Å². The van der Waals surface area contributed by atoms with E-state index in [0.717, 1.165) is 0 Å². The first-order valence-electron chi connectivity index (χ1n) is 8.36. The van der Waals surface area contributed by atoms with E-state index < -0.39 is 0 Å². The molecule has 0 atom stereocenters. The van der Waals surface area contributed by atoms with Gasteiger partial charge in [-0.3, -0.25) is 9.59 Å². The Kier molecular flexibility index (Phi) is 5.58. The standard InChI is InChI=1S/C19H20N2O5/c1-2-24-15-6-3-13(4-7-15)19(23)20-12-18(22)21-14-5-8-16-17(11-14)26-10-9-25-16/h3-8,11H,2,9-10,12H2,1H3,(H,20,23)(H,21,22). The van der Waals surface area contributed by atoms with Gasteiger partial charge >= 0.3 is 0 Å². The second kappa shape index (κ2) is 8.24. The first-order chi connectivity index (χ1) is 12.7. The summed E-state index contributed by atoms with van der Waals surface area (Å²) in [5.41, 5.74) is 1.04. The van der Waals surface area contributed by atoms with Crippen LogP contribution in [0.15, 0.2) is 42.5 Å². The summed E-state index contributed by atoms with van der Waals surface area (Å²) >= 11 is 0. The molecule has 2 amide bonds. The Bertz CT molecular complexity index is 789. The highest BCUT2D eigenvalue weighted by molar-refractivity contribution is 5.99. The van der Waals surface area contributed by atoms with Crippen LogP contribution in [0.4, 0.5) is 5.69 Å². The summed E-state index contributed by atoms with van der Waals surface area (Å²) in [6.07, 6.45) is 0. The van der Waals surface area contributed by atoms with E-state index >= 15 is 0 Å². The van der Waals surface area contributed by atoms with Crippen LogP contribution in [0.3, 0.4) is 0 Å². The predicted molar refractivity (Wildman–Crippen MR) is 96.0 cm³/mol. The monoisotopic (exact) mass is 356 g/mol. The lowest BCUT2D eigenvalue weighted by atomic mass is 10.2. The molecule has 1 heterocycles. The van der Waals surface area contributed by atoms with Crippen LogP contribution < -0.4 is 24.8 Å². The molecule has 7 nitrogen and oxygen atoms in total. The fraction of sp³-hybridized carbons (Fsp3) is 0.263. The van der Waals surface area contributed by atoms with Gasteiger partial charge in [-0.15, -0.1) is 0 Å². The molecule has 2 aromatic rings. The minimum atomic E-state index is -0.332. The van der Waals surface area contributed by atoms with Crippen molar-refractivity contribution in [2.24, 2.45) is 0 Å². The Morgan fingerprint density at radius 1 is 1.04 bits per heavy atom. The quantitative estimate of drug-likeness (QED) is 0.829. The fourth-order valence-electron chi connectivity index (χ4n) is 2.46. The molecular formula is C19H20N2O5. The lowest BCUT2D eigenvalue weighted by Gasteiger charge is -2.19. The third-order valence-corrected chi connectivity index (χ3v) is 3.66. The average Bonchev–Trinajstić information content (AvgIpc) is 2.67. The number of benzene rings is 2. The van der Waals surface area contributed by atoms with E-state index in [1.165, 1.54) is 0 Å². The van der Waals surface area contributed by atoms with Crippen molar-refractivity contribution in [2.75, 3.05) is 31.7 Å². The summed E-state index contributed by atoms with van der Waals surface area (Å²) in [6, 6.07) is 11.9. The number of amides is 2. The fourth-order valence-corrected chi connectivity index (χ4v) is 2.46. The smallest absolute Gasteiger partial charge is 0.251 e. The molecule has 0 saturated carbocycles. The topological polar surface area (TPSA) is 85.9 Å².